The Labute approximate surface area is 228 Å². The number of hydrogen-bond donors (Lipinski definition) is 2. The van der Waals surface area contributed by atoms with Crippen LogP contribution in [0.5, 0.6) is 0 Å². The number of aliphatic hydroxyl groups is 1. The number of fused-ring (bicyclic) bond motifs is 1. The van der Waals surface area contributed by atoms with Crippen molar-refractivity contribution in [3.05, 3.63) is 80.9 Å². The first kappa shape index (κ1) is 27.2. The molecular formula is C27H29IN2O7. The van der Waals surface area contributed by atoms with Crippen molar-refractivity contribution in [2.75, 3.05) is 27.0 Å². The summed E-state index contributed by atoms with van der Waals surface area (Å²) in [5.74, 6) is -1.25. The standard InChI is InChI=1S/C27H29IN2O7/c1-30(21(25(32)29-11-12-31)13-17-5-3-2-4-6-17)26(33)19-14-22-24(36-16-35-22)23(15-19)37-27(34)18-7-9-20(28)10-8-18/h2-10,14,21-24,31H,11-13,15-16H2,1H3,(H,29,32). The van der Waals surface area contributed by atoms with Crippen LogP contribution in [0, 0.1) is 3.57 Å². The highest BCUT2D eigenvalue weighted by Crippen LogP contribution is 2.32. The summed E-state index contributed by atoms with van der Waals surface area (Å²) < 4.78 is 18.1. The molecule has 2 aromatic carbocycles. The summed E-state index contributed by atoms with van der Waals surface area (Å²) in [6.07, 6.45) is 0.308. The molecule has 10 heteroatoms. The van der Waals surface area contributed by atoms with E-state index in [4.69, 9.17) is 19.3 Å². The second-order valence-electron chi connectivity index (χ2n) is 8.86. The van der Waals surface area contributed by atoms with E-state index in [1.807, 2.05) is 42.5 Å². The van der Waals surface area contributed by atoms with Crippen molar-refractivity contribution in [3.63, 3.8) is 0 Å². The van der Waals surface area contributed by atoms with Crippen LogP contribution < -0.4 is 5.32 Å². The van der Waals surface area contributed by atoms with Crippen LogP contribution in [0.25, 0.3) is 0 Å². The van der Waals surface area contributed by atoms with E-state index < -0.39 is 30.3 Å². The summed E-state index contributed by atoms with van der Waals surface area (Å²) in [4.78, 5) is 40.8. The highest BCUT2D eigenvalue weighted by Gasteiger charge is 2.43. The Morgan fingerprint density at radius 1 is 1.14 bits per heavy atom. The fourth-order valence-electron chi connectivity index (χ4n) is 4.41. The van der Waals surface area contributed by atoms with Crippen LogP contribution in [0.3, 0.4) is 0 Å². The van der Waals surface area contributed by atoms with Crippen molar-refractivity contribution in [2.45, 2.75) is 37.2 Å². The molecule has 9 nitrogen and oxygen atoms in total. The maximum atomic E-state index is 13.6. The molecule has 4 atom stereocenters. The van der Waals surface area contributed by atoms with Crippen molar-refractivity contribution in [2.24, 2.45) is 0 Å². The van der Waals surface area contributed by atoms with Crippen molar-refractivity contribution < 1.29 is 33.7 Å². The van der Waals surface area contributed by atoms with Crippen LogP contribution in [0.15, 0.2) is 66.2 Å². The number of nitrogens with one attached hydrogen (secondary N) is 1. The number of carbonyl (C=O) groups excluding carboxylic acids is 3. The van der Waals surface area contributed by atoms with Gasteiger partial charge in [0.05, 0.1) is 12.2 Å². The number of halogens is 1. The van der Waals surface area contributed by atoms with Crippen LogP contribution >= 0.6 is 22.6 Å². The number of rotatable bonds is 9. The number of hydrogen-bond acceptors (Lipinski definition) is 7. The lowest BCUT2D eigenvalue weighted by Crippen LogP contribution is -2.51. The van der Waals surface area contributed by atoms with E-state index in [-0.39, 0.29) is 38.2 Å². The molecule has 2 N–H and O–H groups in total. The molecule has 2 aromatic rings. The molecule has 2 amide bonds. The average molecular weight is 620 g/mol. The molecular weight excluding hydrogens is 591 g/mol. The lowest BCUT2D eigenvalue weighted by molar-refractivity contribution is -0.137. The molecule has 0 saturated carbocycles. The number of nitrogens with zero attached hydrogens (tertiary/aromatic N) is 1. The first-order valence-electron chi connectivity index (χ1n) is 12.0. The van der Waals surface area contributed by atoms with Crippen LogP contribution in [-0.2, 0) is 30.2 Å². The highest BCUT2D eigenvalue weighted by atomic mass is 127. The number of esters is 1. The van der Waals surface area contributed by atoms with Crippen molar-refractivity contribution in [3.8, 4) is 0 Å². The molecule has 196 valence electrons. The van der Waals surface area contributed by atoms with Gasteiger partial charge in [-0.3, -0.25) is 9.59 Å². The van der Waals surface area contributed by atoms with Crippen LogP contribution in [-0.4, -0.2) is 79.1 Å². The lowest BCUT2D eigenvalue weighted by Gasteiger charge is -2.33. The minimum Gasteiger partial charge on any atom is -0.456 e. The third-order valence-corrected chi connectivity index (χ3v) is 7.10. The Morgan fingerprint density at radius 3 is 2.57 bits per heavy atom. The van der Waals surface area contributed by atoms with E-state index in [0.717, 1.165) is 9.13 Å². The molecule has 0 spiro atoms. The van der Waals surface area contributed by atoms with E-state index >= 15 is 0 Å². The van der Waals surface area contributed by atoms with Crippen LogP contribution in [0.4, 0.5) is 0 Å². The fraction of sp³-hybridized carbons (Fsp3) is 0.370. The first-order chi connectivity index (χ1) is 17.9. The Balaban J connectivity index is 1.52. The monoisotopic (exact) mass is 620 g/mol. The predicted molar refractivity (Wildman–Crippen MR) is 142 cm³/mol. The van der Waals surface area contributed by atoms with Crippen molar-refractivity contribution >= 4 is 40.4 Å². The zero-order valence-electron chi connectivity index (χ0n) is 20.3. The second-order valence-corrected chi connectivity index (χ2v) is 10.1. The third-order valence-electron chi connectivity index (χ3n) is 6.38. The van der Waals surface area contributed by atoms with Gasteiger partial charge in [-0.05, 0) is 58.5 Å². The molecule has 0 aromatic heterocycles. The number of aliphatic hydroxyl groups excluding tert-OH is 1. The second kappa shape index (κ2) is 12.6. The molecule has 1 saturated heterocycles. The zero-order chi connectivity index (χ0) is 26.4. The normalized spacial score (nSPS) is 21.4. The minimum absolute atomic E-state index is 0.0287. The van der Waals surface area contributed by atoms with E-state index in [2.05, 4.69) is 27.9 Å². The fourth-order valence-corrected chi connectivity index (χ4v) is 4.77. The smallest absolute Gasteiger partial charge is 0.338 e. The van der Waals surface area contributed by atoms with E-state index in [1.54, 1.807) is 25.3 Å². The molecule has 1 fully saturated rings. The van der Waals surface area contributed by atoms with Gasteiger partial charge in [0.25, 0.3) is 0 Å². The predicted octanol–water partition coefficient (Wildman–Crippen LogP) is 2.07. The molecule has 2 aliphatic rings. The van der Waals surface area contributed by atoms with Crippen molar-refractivity contribution in [1.29, 1.82) is 0 Å². The summed E-state index contributed by atoms with van der Waals surface area (Å²) in [6, 6.07) is 15.6. The Bertz CT molecular complexity index is 1140. The summed E-state index contributed by atoms with van der Waals surface area (Å²) in [6.45, 7) is -0.0953. The highest BCUT2D eigenvalue weighted by molar-refractivity contribution is 14.1. The number of benzene rings is 2. The van der Waals surface area contributed by atoms with Gasteiger partial charge in [-0.2, -0.15) is 0 Å². The quantitative estimate of drug-likeness (QED) is 0.326. The van der Waals surface area contributed by atoms with Crippen LogP contribution in [0.1, 0.15) is 22.3 Å². The molecule has 4 unspecified atom stereocenters. The number of carbonyl (C=O) groups is 3. The molecule has 4 rings (SSSR count). The number of amides is 2. The Morgan fingerprint density at radius 2 is 1.86 bits per heavy atom. The zero-order valence-corrected chi connectivity index (χ0v) is 22.5. The molecule has 1 heterocycles. The van der Waals surface area contributed by atoms with Gasteiger partial charge >= 0.3 is 5.97 Å². The van der Waals surface area contributed by atoms with Gasteiger partial charge in [-0.1, -0.05) is 30.3 Å². The number of likely N-dealkylation sites (N-methyl/N-ethyl adjacent to an activating group) is 1. The van der Waals surface area contributed by atoms with E-state index in [1.165, 1.54) is 4.90 Å². The van der Waals surface area contributed by atoms with Crippen molar-refractivity contribution in [1.82, 2.24) is 10.2 Å². The Kier molecular flexibility index (Phi) is 9.30. The van der Waals surface area contributed by atoms with Gasteiger partial charge in [0.1, 0.15) is 31.1 Å². The summed E-state index contributed by atoms with van der Waals surface area (Å²) in [5.41, 5.74) is 1.67. The summed E-state index contributed by atoms with van der Waals surface area (Å²) >= 11 is 2.16. The first-order valence-corrected chi connectivity index (χ1v) is 13.1. The van der Waals surface area contributed by atoms with E-state index in [9.17, 15) is 14.4 Å². The van der Waals surface area contributed by atoms with Gasteiger partial charge in [-0.15, -0.1) is 0 Å². The lowest BCUT2D eigenvalue weighted by atomic mass is 9.90. The topological polar surface area (TPSA) is 114 Å². The Hall–Kier alpha value is -2.80. The molecule has 1 aliphatic heterocycles. The minimum atomic E-state index is -0.811. The van der Waals surface area contributed by atoms with E-state index in [0.29, 0.717) is 17.6 Å². The van der Waals surface area contributed by atoms with Gasteiger partial charge < -0.3 is 29.5 Å². The molecule has 37 heavy (non-hydrogen) atoms. The third kappa shape index (κ3) is 6.75. The summed E-state index contributed by atoms with van der Waals surface area (Å²) in [7, 11) is 1.57. The van der Waals surface area contributed by atoms with Crippen LogP contribution in [0.2, 0.25) is 0 Å². The van der Waals surface area contributed by atoms with Gasteiger partial charge in [0, 0.05) is 35.6 Å². The average Bonchev–Trinajstić information content (AvgIpc) is 3.39. The SMILES string of the molecule is CN(C(=O)C1=CC2OCOC2C(OC(=O)c2ccc(I)cc2)C1)C(Cc1ccccc1)C(=O)NCCO. The maximum absolute atomic E-state index is 13.6. The maximum Gasteiger partial charge on any atom is 0.338 e. The summed E-state index contributed by atoms with van der Waals surface area (Å²) in [5, 5.41) is 11.8. The van der Waals surface area contributed by atoms with Gasteiger partial charge in [-0.25, -0.2) is 4.79 Å². The molecule has 0 radical (unpaired) electrons. The van der Waals surface area contributed by atoms with Gasteiger partial charge in [0.15, 0.2) is 0 Å². The molecule has 1 aliphatic carbocycles. The molecule has 0 bridgehead atoms. The largest absolute Gasteiger partial charge is 0.456 e. The van der Waals surface area contributed by atoms with Gasteiger partial charge in [0.2, 0.25) is 11.8 Å². The number of ether oxygens (including phenoxy) is 3.